The summed E-state index contributed by atoms with van der Waals surface area (Å²) in [5.74, 6) is 0.227. The molecule has 1 aliphatic heterocycles. The predicted octanol–water partition coefficient (Wildman–Crippen LogP) is 3.61. The number of halogens is 1. The lowest BCUT2D eigenvalue weighted by Crippen LogP contribution is -2.50. The first-order chi connectivity index (χ1) is 8.85. The lowest BCUT2D eigenvalue weighted by molar-refractivity contribution is -0.139. The standard InChI is InChI=1S/C15H20ClNO2/c1-10-8-15(2,3)17(9-14(18)19-4)13-7-11(16)5-6-12(10)13/h5-7,10H,8-9H2,1-4H3/t10-/m1/s1. The summed E-state index contributed by atoms with van der Waals surface area (Å²) in [6.45, 7) is 6.76. The minimum absolute atomic E-state index is 0.0920. The normalized spacial score (nSPS) is 20.9. The Labute approximate surface area is 119 Å². The molecule has 3 nitrogen and oxygen atoms in total. The van der Waals surface area contributed by atoms with E-state index < -0.39 is 0 Å². The van der Waals surface area contributed by atoms with Gasteiger partial charge in [-0.15, -0.1) is 0 Å². The van der Waals surface area contributed by atoms with Gasteiger partial charge in [-0.1, -0.05) is 24.6 Å². The fourth-order valence-corrected chi connectivity index (χ4v) is 3.12. The molecule has 0 amide bonds. The quantitative estimate of drug-likeness (QED) is 0.776. The number of ether oxygens (including phenoxy) is 1. The first-order valence-electron chi connectivity index (χ1n) is 6.49. The summed E-state index contributed by atoms with van der Waals surface area (Å²) >= 11 is 6.11. The van der Waals surface area contributed by atoms with Gasteiger partial charge in [0, 0.05) is 16.2 Å². The van der Waals surface area contributed by atoms with Crippen molar-refractivity contribution in [2.75, 3.05) is 18.6 Å². The third kappa shape index (κ3) is 2.71. The molecule has 1 aliphatic rings. The molecule has 0 unspecified atom stereocenters. The van der Waals surface area contributed by atoms with Crippen molar-refractivity contribution in [3.8, 4) is 0 Å². The summed E-state index contributed by atoms with van der Waals surface area (Å²) < 4.78 is 4.80. The van der Waals surface area contributed by atoms with Crippen LogP contribution in [-0.4, -0.2) is 25.2 Å². The molecular weight excluding hydrogens is 262 g/mol. The van der Waals surface area contributed by atoms with Crippen LogP contribution < -0.4 is 4.90 Å². The molecule has 0 fully saturated rings. The Kier molecular flexibility index (Phi) is 3.77. The molecule has 0 radical (unpaired) electrons. The molecule has 1 aromatic carbocycles. The summed E-state index contributed by atoms with van der Waals surface area (Å²) in [5.41, 5.74) is 2.19. The van der Waals surface area contributed by atoms with Gasteiger partial charge < -0.3 is 9.64 Å². The fraction of sp³-hybridized carbons (Fsp3) is 0.533. The molecule has 1 atom stereocenters. The van der Waals surface area contributed by atoms with Crippen LogP contribution in [0.4, 0.5) is 5.69 Å². The van der Waals surface area contributed by atoms with Crippen molar-refractivity contribution in [2.45, 2.75) is 38.6 Å². The van der Waals surface area contributed by atoms with Crippen molar-refractivity contribution >= 4 is 23.3 Å². The van der Waals surface area contributed by atoms with E-state index in [1.165, 1.54) is 12.7 Å². The van der Waals surface area contributed by atoms with Crippen LogP contribution in [0, 0.1) is 0 Å². The third-order valence-electron chi connectivity index (χ3n) is 3.87. The number of fused-ring (bicyclic) bond motifs is 1. The Morgan fingerprint density at radius 3 is 2.84 bits per heavy atom. The van der Waals surface area contributed by atoms with E-state index in [2.05, 4.69) is 31.7 Å². The van der Waals surface area contributed by atoms with E-state index in [0.717, 1.165) is 12.1 Å². The van der Waals surface area contributed by atoms with Gasteiger partial charge in [-0.25, -0.2) is 0 Å². The maximum atomic E-state index is 11.6. The van der Waals surface area contributed by atoms with Gasteiger partial charge in [0.25, 0.3) is 0 Å². The lowest BCUT2D eigenvalue weighted by atomic mass is 9.80. The molecule has 0 saturated heterocycles. The van der Waals surface area contributed by atoms with Crippen molar-refractivity contribution in [1.82, 2.24) is 0 Å². The molecule has 4 heteroatoms. The summed E-state index contributed by atoms with van der Waals surface area (Å²) in [4.78, 5) is 13.7. The minimum Gasteiger partial charge on any atom is -0.468 e. The van der Waals surface area contributed by atoms with E-state index >= 15 is 0 Å². The average molecular weight is 282 g/mol. The molecule has 0 saturated carbocycles. The van der Waals surface area contributed by atoms with Gasteiger partial charge in [-0.05, 0) is 43.9 Å². The van der Waals surface area contributed by atoms with Crippen LogP contribution in [0.3, 0.4) is 0 Å². The Morgan fingerprint density at radius 2 is 2.21 bits per heavy atom. The number of benzene rings is 1. The zero-order valence-corrected chi connectivity index (χ0v) is 12.6. The number of rotatable bonds is 2. The van der Waals surface area contributed by atoms with E-state index in [1.807, 2.05) is 12.1 Å². The second-order valence-corrected chi connectivity index (χ2v) is 6.22. The Morgan fingerprint density at radius 1 is 1.53 bits per heavy atom. The smallest absolute Gasteiger partial charge is 0.325 e. The first-order valence-corrected chi connectivity index (χ1v) is 6.87. The number of carbonyl (C=O) groups excluding carboxylic acids is 1. The summed E-state index contributed by atoms with van der Waals surface area (Å²) in [5, 5.41) is 0.693. The highest BCUT2D eigenvalue weighted by molar-refractivity contribution is 6.30. The molecule has 19 heavy (non-hydrogen) atoms. The molecule has 0 aromatic heterocycles. The Hall–Kier alpha value is -1.22. The number of anilines is 1. The van der Waals surface area contributed by atoms with E-state index in [0.29, 0.717) is 10.9 Å². The number of esters is 1. The van der Waals surface area contributed by atoms with Gasteiger partial charge in [0.2, 0.25) is 0 Å². The van der Waals surface area contributed by atoms with Crippen LogP contribution >= 0.6 is 11.6 Å². The number of methoxy groups -OCH3 is 1. The number of hydrogen-bond donors (Lipinski definition) is 0. The molecule has 1 aromatic rings. The van der Waals surface area contributed by atoms with Gasteiger partial charge >= 0.3 is 5.97 Å². The zero-order chi connectivity index (χ0) is 14.2. The van der Waals surface area contributed by atoms with Gasteiger partial charge in [0.15, 0.2) is 0 Å². The van der Waals surface area contributed by atoms with Crippen LogP contribution in [0.1, 0.15) is 38.7 Å². The minimum atomic E-state index is -0.228. The SMILES string of the molecule is COC(=O)CN1c2cc(Cl)ccc2[C@H](C)CC1(C)C. The molecule has 0 spiro atoms. The molecule has 1 heterocycles. The predicted molar refractivity (Wildman–Crippen MR) is 77.9 cm³/mol. The van der Waals surface area contributed by atoms with Crippen LogP contribution in [0.5, 0.6) is 0 Å². The van der Waals surface area contributed by atoms with E-state index in [9.17, 15) is 4.79 Å². The Bertz CT molecular complexity index is 499. The molecular formula is C15H20ClNO2. The summed E-state index contributed by atoms with van der Waals surface area (Å²) in [6.07, 6.45) is 0.999. The van der Waals surface area contributed by atoms with E-state index in [1.54, 1.807) is 0 Å². The summed E-state index contributed by atoms with van der Waals surface area (Å²) in [6, 6.07) is 5.91. The topological polar surface area (TPSA) is 29.5 Å². The highest BCUT2D eigenvalue weighted by atomic mass is 35.5. The van der Waals surface area contributed by atoms with Crippen LogP contribution in [0.15, 0.2) is 18.2 Å². The number of carbonyl (C=O) groups is 1. The second-order valence-electron chi connectivity index (χ2n) is 5.78. The maximum Gasteiger partial charge on any atom is 0.325 e. The van der Waals surface area contributed by atoms with Crippen molar-refractivity contribution in [1.29, 1.82) is 0 Å². The number of nitrogens with zero attached hydrogens (tertiary/aromatic N) is 1. The van der Waals surface area contributed by atoms with Crippen molar-refractivity contribution in [2.24, 2.45) is 0 Å². The lowest BCUT2D eigenvalue weighted by Gasteiger charge is -2.47. The second kappa shape index (κ2) is 5.04. The maximum absolute atomic E-state index is 11.6. The third-order valence-corrected chi connectivity index (χ3v) is 4.10. The number of hydrogen-bond acceptors (Lipinski definition) is 3. The van der Waals surface area contributed by atoms with Crippen molar-refractivity contribution in [3.05, 3.63) is 28.8 Å². The van der Waals surface area contributed by atoms with Crippen molar-refractivity contribution < 1.29 is 9.53 Å². The molecule has 0 aliphatic carbocycles. The highest BCUT2D eigenvalue weighted by Gasteiger charge is 2.37. The average Bonchev–Trinajstić information content (AvgIpc) is 2.33. The van der Waals surface area contributed by atoms with Crippen LogP contribution in [0.25, 0.3) is 0 Å². The Balaban J connectivity index is 2.47. The van der Waals surface area contributed by atoms with E-state index in [-0.39, 0.29) is 18.1 Å². The fourth-order valence-electron chi connectivity index (χ4n) is 2.96. The van der Waals surface area contributed by atoms with Gasteiger partial charge in [0.1, 0.15) is 6.54 Å². The van der Waals surface area contributed by atoms with Gasteiger partial charge in [-0.2, -0.15) is 0 Å². The monoisotopic (exact) mass is 281 g/mol. The van der Waals surface area contributed by atoms with Gasteiger partial charge in [-0.3, -0.25) is 4.79 Å². The molecule has 2 rings (SSSR count). The van der Waals surface area contributed by atoms with Crippen molar-refractivity contribution in [3.63, 3.8) is 0 Å². The molecule has 0 N–H and O–H groups in total. The molecule has 104 valence electrons. The van der Waals surface area contributed by atoms with Crippen LogP contribution in [-0.2, 0) is 9.53 Å². The van der Waals surface area contributed by atoms with Crippen LogP contribution in [0.2, 0.25) is 5.02 Å². The first kappa shape index (κ1) is 14.2. The summed E-state index contributed by atoms with van der Waals surface area (Å²) in [7, 11) is 1.42. The van der Waals surface area contributed by atoms with E-state index in [4.69, 9.17) is 16.3 Å². The van der Waals surface area contributed by atoms with Gasteiger partial charge in [0.05, 0.1) is 7.11 Å². The molecule has 0 bridgehead atoms. The zero-order valence-electron chi connectivity index (χ0n) is 11.9. The largest absolute Gasteiger partial charge is 0.468 e. The highest BCUT2D eigenvalue weighted by Crippen LogP contribution is 2.43.